The normalized spacial score (nSPS) is 25.6. The highest BCUT2D eigenvalue weighted by Crippen LogP contribution is 2.27. The average Bonchev–Trinajstić information content (AvgIpc) is 2.18. The van der Waals surface area contributed by atoms with Crippen LogP contribution in [-0.2, 0) is 10.3 Å². The molecule has 1 aliphatic heterocycles. The van der Waals surface area contributed by atoms with Crippen molar-refractivity contribution in [3.05, 3.63) is 35.4 Å². The van der Waals surface area contributed by atoms with E-state index in [-0.39, 0.29) is 11.6 Å². The summed E-state index contributed by atoms with van der Waals surface area (Å²) in [5.74, 6) is 0. The van der Waals surface area contributed by atoms with Crippen molar-refractivity contribution < 1.29 is 9.53 Å². The first kappa shape index (κ1) is 10.0. The number of hydrogen-bond donors (Lipinski definition) is 1. The summed E-state index contributed by atoms with van der Waals surface area (Å²) < 4.78 is 4.87. The van der Waals surface area contributed by atoms with E-state index >= 15 is 0 Å². The van der Waals surface area contributed by atoms with Gasteiger partial charge in [0.15, 0.2) is 0 Å². The minimum absolute atomic E-state index is 0.289. The van der Waals surface area contributed by atoms with E-state index in [2.05, 4.69) is 36.5 Å². The molecule has 0 aliphatic carbocycles. The van der Waals surface area contributed by atoms with Gasteiger partial charge in [-0.25, -0.2) is 4.79 Å². The molecule has 0 spiro atoms. The van der Waals surface area contributed by atoms with Crippen molar-refractivity contribution >= 4 is 6.09 Å². The molecule has 1 unspecified atom stereocenters. The predicted molar refractivity (Wildman–Crippen MR) is 57.6 cm³/mol. The van der Waals surface area contributed by atoms with Gasteiger partial charge in [-0.1, -0.05) is 29.8 Å². The molecule has 1 N–H and O–H groups in total. The Morgan fingerprint density at radius 2 is 2.00 bits per heavy atom. The number of benzene rings is 1. The van der Waals surface area contributed by atoms with Crippen LogP contribution in [0, 0.1) is 6.92 Å². The SMILES string of the molecule is Cc1ccc(C2(C)CCOC(=O)N2)cc1. The molecule has 1 heterocycles. The molecule has 2 rings (SSSR count). The van der Waals surface area contributed by atoms with Crippen LogP contribution in [0.25, 0.3) is 0 Å². The van der Waals surface area contributed by atoms with Crippen molar-refractivity contribution in [3.63, 3.8) is 0 Å². The molecule has 1 fully saturated rings. The van der Waals surface area contributed by atoms with Gasteiger partial charge >= 0.3 is 6.09 Å². The van der Waals surface area contributed by atoms with Crippen LogP contribution < -0.4 is 5.32 Å². The summed E-state index contributed by atoms with van der Waals surface area (Å²) in [6.07, 6.45) is 0.478. The summed E-state index contributed by atoms with van der Waals surface area (Å²) in [6.45, 7) is 4.56. The van der Waals surface area contributed by atoms with Gasteiger partial charge in [0.25, 0.3) is 0 Å². The molecule has 0 radical (unpaired) electrons. The lowest BCUT2D eigenvalue weighted by molar-refractivity contribution is 0.0916. The number of cyclic esters (lactones) is 1. The van der Waals surface area contributed by atoms with Crippen molar-refractivity contribution in [2.24, 2.45) is 0 Å². The third kappa shape index (κ3) is 1.96. The van der Waals surface area contributed by atoms with Gasteiger partial charge in [-0.15, -0.1) is 0 Å². The average molecular weight is 205 g/mol. The smallest absolute Gasteiger partial charge is 0.407 e. The van der Waals surface area contributed by atoms with Crippen LogP contribution in [0.3, 0.4) is 0 Å². The molecule has 0 bridgehead atoms. The number of carbonyl (C=O) groups is 1. The second-order valence-electron chi connectivity index (χ2n) is 4.21. The van der Waals surface area contributed by atoms with Crippen LogP contribution in [0.5, 0.6) is 0 Å². The van der Waals surface area contributed by atoms with Crippen LogP contribution in [0.2, 0.25) is 0 Å². The minimum Gasteiger partial charge on any atom is -0.449 e. The van der Waals surface area contributed by atoms with Crippen LogP contribution in [0.15, 0.2) is 24.3 Å². The summed E-state index contributed by atoms with van der Waals surface area (Å²) in [5.41, 5.74) is 2.06. The van der Waals surface area contributed by atoms with Crippen molar-refractivity contribution in [1.29, 1.82) is 0 Å². The molecular formula is C12H15NO2. The fourth-order valence-electron chi connectivity index (χ4n) is 1.81. The summed E-state index contributed by atoms with van der Waals surface area (Å²) in [6, 6.07) is 8.23. The van der Waals surface area contributed by atoms with Crippen molar-refractivity contribution in [2.45, 2.75) is 25.8 Å². The fraction of sp³-hybridized carbons (Fsp3) is 0.417. The first-order valence-electron chi connectivity index (χ1n) is 5.12. The quantitative estimate of drug-likeness (QED) is 0.764. The molecule has 0 saturated carbocycles. The number of amides is 1. The first-order valence-corrected chi connectivity index (χ1v) is 5.12. The molecule has 1 aliphatic rings. The van der Waals surface area contributed by atoms with Gasteiger partial charge in [0.05, 0.1) is 12.1 Å². The monoisotopic (exact) mass is 205 g/mol. The molecule has 0 aromatic heterocycles. The van der Waals surface area contributed by atoms with Crippen molar-refractivity contribution in [2.75, 3.05) is 6.61 Å². The van der Waals surface area contributed by atoms with Gasteiger partial charge < -0.3 is 10.1 Å². The lowest BCUT2D eigenvalue weighted by Crippen LogP contribution is -2.48. The lowest BCUT2D eigenvalue weighted by Gasteiger charge is -2.34. The van der Waals surface area contributed by atoms with E-state index in [1.54, 1.807) is 0 Å². The molecule has 1 aromatic carbocycles. The Morgan fingerprint density at radius 1 is 1.33 bits per heavy atom. The maximum atomic E-state index is 11.2. The number of alkyl carbamates (subject to hydrolysis) is 1. The maximum Gasteiger partial charge on any atom is 0.407 e. The summed E-state index contributed by atoms with van der Waals surface area (Å²) in [4.78, 5) is 11.2. The van der Waals surface area contributed by atoms with E-state index in [0.29, 0.717) is 6.61 Å². The zero-order valence-corrected chi connectivity index (χ0v) is 9.04. The number of aryl methyl sites for hydroxylation is 1. The Labute approximate surface area is 89.4 Å². The lowest BCUT2D eigenvalue weighted by atomic mass is 9.88. The highest BCUT2D eigenvalue weighted by Gasteiger charge is 2.32. The largest absolute Gasteiger partial charge is 0.449 e. The van der Waals surface area contributed by atoms with Crippen molar-refractivity contribution in [3.8, 4) is 0 Å². The van der Waals surface area contributed by atoms with Gasteiger partial charge in [-0.3, -0.25) is 0 Å². The van der Waals surface area contributed by atoms with Gasteiger partial charge in [0, 0.05) is 6.42 Å². The highest BCUT2D eigenvalue weighted by atomic mass is 16.6. The Balaban J connectivity index is 2.28. The van der Waals surface area contributed by atoms with E-state index in [0.717, 1.165) is 12.0 Å². The second kappa shape index (κ2) is 3.57. The van der Waals surface area contributed by atoms with Gasteiger partial charge in [0.2, 0.25) is 0 Å². The third-order valence-electron chi connectivity index (χ3n) is 2.90. The molecule has 1 amide bonds. The van der Waals surface area contributed by atoms with Gasteiger partial charge in [0.1, 0.15) is 0 Å². The second-order valence-corrected chi connectivity index (χ2v) is 4.21. The van der Waals surface area contributed by atoms with E-state index in [1.807, 2.05) is 6.92 Å². The zero-order chi connectivity index (χ0) is 10.9. The number of carbonyl (C=O) groups excluding carboxylic acids is 1. The molecule has 1 aromatic rings. The highest BCUT2D eigenvalue weighted by molar-refractivity contribution is 5.69. The molecule has 3 nitrogen and oxygen atoms in total. The molecule has 1 atom stereocenters. The van der Waals surface area contributed by atoms with Crippen LogP contribution in [-0.4, -0.2) is 12.7 Å². The van der Waals surface area contributed by atoms with Crippen molar-refractivity contribution in [1.82, 2.24) is 5.32 Å². The van der Waals surface area contributed by atoms with Crippen LogP contribution in [0.1, 0.15) is 24.5 Å². The topological polar surface area (TPSA) is 38.3 Å². The van der Waals surface area contributed by atoms with E-state index in [1.165, 1.54) is 5.56 Å². The molecule has 1 saturated heterocycles. The third-order valence-corrected chi connectivity index (χ3v) is 2.90. The molecule has 15 heavy (non-hydrogen) atoms. The standard InChI is InChI=1S/C12H15NO2/c1-9-3-5-10(6-4-9)12(2)7-8-15-11(14)13-12/h3-6H,7-8H2,1-2H3,(H,13,14). The number of ether oxygens (including phenoxy) is 1. The molecular weight excluding hydrogens is 190 g/mol. The Morgan fingerprint density at radius 3 is 2.60 bits per heavy atom. The maximum absolute atomic E-state index is 11.2. The van der Waals surface area contributed by atoms with Gasteiger partial charge in [-0.05, 0) is 19.4 Å². The Hall–Kier alpha value is -1.51. The van der Waals surface area contributed by atoms with E-state index in [9.17, 15) is 4.79 Å². The first-order chi connectivity index (χ1) is 7.10. The zero-order valence-electron chi connectivity index (χ0n) is 9.04. The number of hydrogen-bond acceptors (Lipinski definition) is 2. The summed E-state index contributed by atoms with van der Waals surface area (Å²) in [7, 11) is 0. The Kier molecular flexibility index (Phi) is 2.39. The molecule has 3 heteroatoms. The summed E-state index contributed by atoms with van der Waals surface area (Å²) in [5, 5.41) is 2.87. The molecule has 80 valence electrons. The van der Waals surface area contributed by atoms with Crippen LogP contribution in [0.4, 0.5) is 4.79 Å². The van der Waals surface area contributed by atoms with Gasteiger partial charge in [-0.2, -0.15) is 0 Å². The van der Waals surface area contributed by atoms with E-state index in [4.69, 9.17) is 4.74 Å². The number of rotatable bonds is 1. The Bertz CT molecular complexity index is 372. The minimum atomic E-state index is -0.329. The van der Waals surface area contributed by atoms with E-state index < -0.39 is 0 Å². The summed E-state index contributed by atoms with van der Waals surface area (Å²) >= 11 is 0. The predicted octanol–water partition coefficient (Wildman–Crippen LogP) is 2.34. The van der Waals surface area contributed by atoms with Crippen LogP contribution >= 0.6 is 0 Å². The fourth-order valence-corrected chi connectivity index (χ4v) is 1.81. The number of nitrogens with one attached hydrogen (secondary N) is 1.